The summed E-state index contributed by atoms with van der Waals surface area (Å²) in [4.78, 5) is 36.5. The average Bonchev–Trinajstić information content (AvgIpc) is 3.43. The maximum absolute atomic E-state index is 12.4. The Labute approximate surface area is 158 Å². The lowest BCUT2D eigenvalue weighted by Gasteiger charge is -2.26. The quantitative estimate of drug-likeness (QED) is 0.608. The first kappa shape index (κ1) is 20.2. The molecule has 2 rings (SSSR count). The standard InChI is InChI=1S/C19H25ClN2O4/c1-3-19(4-2,18(25)26)10-16(23)22-15-8-7-13(20)9-14(15)17(24)21-11-12-5-6-12/h7-9,12H,3-6,10-11H2,1-2H3,(H,21,24)(H,22,23)(H,25,26). The van der Waals surface area contributed by atoms with Crippen LogP contribution in [0.5, 0.6) is 0 Å². The van der Waals surface area contributed by atoms with Crippen LogP contribution in [0.25, 0.3) is 0 Å². The van der Waals surface area contributed by atoms with Crippen LogP contribution in [0, 0.1) is 11.3 Å². The van der Waals surface area contributed by atoms with Gasteiger partial charge in [0, 0.05) is 18.0 Å². The van der Waals surface area contributed by atoms with Gasteiger partial charge in [-0.3, -0.25) is 14.4 Å². The highest BCUT2D eigenvalue weighted by atomic mass is 35.5. The van der Waals surface area contributed by atoms with E-state index in [1.54, 1.807) is 26.0 Å². The van der Waals surface area contributed by atoms with E-state index in [4.69, 9.17) is 11.6 Å². The zero-order valence-corrected chi connectivity index (χ0v) is 15.9. The van der Waals surface area contributed by atoms with Crippen molar-refractivity contribution in [1.29, 1.82) is 0 Å². The molecule has 0 aliphatic heterocycles. The van der Waals surface area contributed by atoms with Crippen LogP contribution < -0.4 is 10.6 Å². The van der Waals surface area contributed by atoms with E-state index in [9.17, 15) is 19.5 Å². The second-order valence-electron chi connectivity index (χ2n) is 6.86. The van der Waals surface area contributed by atoms with Gasteiger partial charge in [-0.15, -0.1) is 0 Å². The fraction of sp³-hybridized carbons (Fsp3) is 0.526. The highest BCUT2D eigenvalue weighted by molar-refractivity contribution is 6.31. The highest BCUT2D eigenvalue weighted by Gasteiger charge is 2.37. The molecule has 6 nitrogen and oxygen atoms in total. The molecule has 0 heterocycles. The van der Waals surface area contributed by atoms with Gasteiger partial charge in [0.05, 0.1) is 16.7 Å². The minimum atomic E-state index is -1.11. The van der Waals surface area contributed by atoms with Gasteiger partial charge in [-0.2, -0.15) is 0 Å². The Hall–Kier alpha value is -2.08. The number of carboxylic acids is 1. The SMILES string of the molecule is CCC(CC)(CC(=O)Nc1ccc(Cl)cc1C(=O)NCC1CC1)C(=O)O. The summed E-state index contributed by atoms with van der Waals surface area (Å²) in [6.07, 6.45) is 2.78. The van der Waals surface area contributed by atoms with Crippen molar-refractivity contribution >= 4 is 35.1 Å². The van der Waals surface area contributed by atoms with Crippen LogP contribution in [0.3, 0.4) is 0 Å². The molecule has 1 fully saturated rings. The van der Waals surface area contributed by atoms with Gasteiger partial charge < -0.3 is 15.7 Å². The lowest BCUT2D eigenvalue weighted by Crippen LogP contribution is -2.34. The number of carbonyl (C=O) groups excluding carboxylic acids is 2. The number of halogens is 1. The van der Waals surface area contributed by atoms with Crippen LogP contribution in [0.1, 0.15) is 56.3 Å². The molecule has 0 spiro atoms. The molecule has 142 valence electrons. The van der Waals surface area contributed by atoms with Crippen LogP contribution in [-0.2, 0) is 9.59 Å². The molecule has 1 aromatic carbocycles. The molecule has 26 heavy (non-hydrogen) atoms. The van der Waals surface area contributed by atoms with E-state index in [1.165, 1.54) is 6.07 Å². The van der Waals surface area contributed by atoms with Gasteiger partial charge in [0.15, 0.2) is 0 Å². The molecule has 0 bridgehead atoms. The van der Waals surface area contributed by atoms with E-state index in [1.807, 2.05) is 0 Å². The van der Waals surface area contributed by atoms with Gasteiger partial charge >= 0.3 is 5.97 Å². The van der Waals surface area contributed by atoms with Crippen molar-refractivity contribution < 1.29 is 19.5 Å². The Bertz CT molecular complexity index is 697. The van der Waals surface area contributed by atoms with Gasteiger partial charge in [-0.25, -0.2) is 0 Å². The Balaban J connectivity index is 2.13. The number of aliphatic carboxylic acids is 1. The second kappa shape index (κ2) is 8.54. The summed E-state index contributed by atoms with van der Waals surface area (Å²) in [6.45, 7) is 4.11. The molecule has 0 unspecified atom stereocenters. The number of amides is 2. The minimum Gasteiger partial charge on any atom is -0.481 e. The van der Waals surface area contributed by atoms with Crippen LogP contribution in [-0.4, -0.2) is 29.4 Å². The molecule has 0 radical (unpaired) electrons. The molecule has 3 N–H and O–H groups in total. The molecule has 0 aromatic heterocycles. The Morgan fingerprint density at radius 3 is 2.42 bits per heavy atom. The zero-order chi connectivity index (χ0) is 19.3. The molecule has 1 aliphatic rings. The zero-order valence-electron chi connectivity index (χ0n) is 15.1. The van der Waals surface area contributed by atoms with E-state index in [0.29, 0.717) is 36.0 Å². The van der Waals surface area contributed by atoms with Gasteiger partial charge in [0.2, 0.25) is 5.91 Å². The van der Waals surface area contributed by atoms with Crippen molar-refractivity contribution in [2.24, 2.45) is 11.3 Å². The van der Waals surface area contributed by atoms with Gasteiger partial charge in [0.1, 0.15) is 0 Å². The summed E-state index contributed by atoms with van der Waals surface area (Å²) in [5.74, 6) is -1.20. The number of carbonyl (C=O) groups is 3. The summed E-state index contributed by atoms with van der Waals surface area (Å²) in [7, 11) is 0. The molecular formula is C19H25ClN2O4. The molecule has 7 heteroatoms. The maximum Gasteiger partial charge on any atom is 0.310 e. The van der Waals surface area contributed by atoms with E-state index in [-0.39, 0.29) is 17.9 Å². The molecular weight excluding hydrogens is 356 g/mol. The van der Waals surface area contributed by atoms with Crippen molar-refractivity contribution in [3.63, 3.8) is 0 Å². The average molecular weight is 381 g/mol. The Morgan fingerprint density at radius 2 is 1.88 bits per heavy atom. The van der Waals surface area contributed by atoms with Crippen LogP contribution in [0.4, 0.5) is 5.69 Å². The van der Waals surface area contributed by atoms with Gasteiger partial charge in [0.25, 0.3) is 5.91 Å². The number of hydrogen-bond donors (Lipinski definition) is 3. The number of nitrogens with one attached hydrogen (secondary N) is 2. The van der Waals surface area contributed by atoms with Crippen molar-refractivity contribution in [2.45, 2.75) is 46.0 Å². The third-order valence-electron chi connectivity index (χ3n) is 5.05. The van der Waals surface area contributed by atoms with Crippen molar-refractivity contribution in [3.05, 3.63) is 28.8 Å². The molecule has 0 saturated heterocycles. The van der Waals surface area contributed by atoms with Gasteiger partial charge in [-0.05, 0) is 49.8 Å². The van der Waals surface area contributed by atoms with Crippen LogP contribution in [0.15, 0.2) is 18.2 Å². The monoisotopic (exact) mass is 380 g/mol. The second-order valence-corrected chi connectivity index (χ2v) is 7.30. The first-order valence-electron chi connectivity index (χ1n) is 8.92. The Morgan fingerprint density at radius 1 is 1.23 bits per heavy atom. The van der Waals surface area contributed by atoms with Crippen molar-refractivity contribution in [1.82, 2.24) is 5.32 Å². The normalized spacial score (nSPS) is 14.0. The van der Waals surface area contributed by atoms with Gasteiger partial charge in [-0.1, -0.05) is 25.4 Å². The topological polar surface area (TPSA) is 95.5 Å². The third-order valence-corrected chi connectivity index (χ3v) is 5.29. The van der Waals surface area contributed by atoms with Crippen molar-refractivity contribution in [2.75, 3.05) is 11.9 Å². The molecule has 1 aromatic rings. The fourth-order valence-corrected chi connectivity index (χ4v) is 3.02. The predicted octanol–water partition coefficient (Wildman–Crippen LogP) is 3.70. The summed E-state index contributed by atoms with van der Waals surface area (Å²) < 4.78 is 0. The first-order chi connectivity index (χ1) is 12.3. The molecule has 0 atom stereocenters. The number of carboxylic acid groups (broad SMARTS) is 1. The van der Waals surface area contributed by atoms with Crippen molar-refractivity contribution in [3.8, 4) is 0 Å². The maximum atomic E-state index is 12.4. The van der Waals surface area contributed by atoms with E-state index in [0.717, 1.165) is 12.8 Å². The number of benzene rings is 1. The van der Waals surface area contributed by atoms with Crippen LogP contribution in [0.2, 0.25) is 5.02 Å². The molecule has 1 aliphatic carbocycles. The third kappa shape index (κ3) is 4.97. The Kier molecular flexibility index (Phi) is 6.64. The number of rotatable bonds is 9. The van der Waals surface area contributed by atoms with E-state index >= 15 is 0 Å². The summed E-state index contributed by atoms with van der Waals surface area (Å²) >= 11 is 6.00. The predicted molar refractivity (Wildman–Crippen MR) is 100 cm³/mol. The summed E-state index contributed by atoms with van der Waals surface area (Å²) in [5.41, 5.74) is -0.495. The minimum absolute atomic E-state index is 0.152. The van der Waals surface area contributed by atoms with E-state index < -0.39 is 17.3 Å². The van der Waals surface area contributed by atoms with Crippen LogP contribution >= 0.6 is 11.6 Å². The first-order valence-corrected chi connectivity index (χ1v) is 9.30. The molecule has 2 amide bonds. The largest absolute Gasteiger partial charge is 0.481 e. The smallest absolute Gasteiger partial charge is 0.310 e. The number of hydrogen-bond acceptors (Lipinski definition) is 3. The van der Waals surface area contributed by atoms with E-state index in [2.05, 4.69) is 10.6 Å². The molecule has 1 saturated carbocycles. The lowest BCUT2D eigenvalue weighted by molar-refractivity contribution is -0.151. The fourth-order valence-electron chi connectivity index (χ4n) is 2.85. The summed E-state index contributed by atoms with van der Waals surface area (Å²) in [5, 5.41) is 15.4. The summed E-state index contributed by atoms with van der Waals surface area (Å²) in [6, 6.07) is 4.65. The highest BCUT2D eigenvalue weighted by Crippen LogP contribution is 2.32. The lowest BCUT2D eigenvalue weighted by atomic mass is 9.79. The number of anilines is 1.